The minimum atomic E-state index is -0.854. The van der Waals surface area contributed by atoms with Crippen molar-refractivity contribution in [2.24, 2.45) is 0 Å². The highest BCUT2D eigenvalue weighted by Crippen LogP contribution is 2.35. The van der Waals surface area contributed by atoms with Crippen LogP contribution in [0.3, 0.4) is 0 Å². The van der Waals surface area contributed by atoms with Crippen LogP contribution < -0.4 is 10.6 Å². The van der Waals surface area contributed by atoms with Gasteiger partial charge in [0.1, 0.15) is 11.6 Å². The molecule has 2 fully saturated rings. The summed E-state index contributed by atoms with van der Waals surface area (Å²) >= 11 is 0. The van der Waals surface area contributed by atoms with E-state index in [2.05, 4.69) is 10.6 Å². The SMILES string of the molecule is CC(C(=O)NCc1ccc(COCc2ccccc2)cc1)N1C(=O)NC2(CCCC2)C1=O. The molecule has 1 atom stereocenters. The monoisotopic (exact) mass is 435 g/mol. The number of carbonyl (C=O) groups is 3. The predicted molar refractivity (Wildman–Crippen MR) is 119 cm³/mol. The summed E-state index contributed by atoms with van der Waals surface area (Å²) in [4.78, 5) is 38.9. The summed E-state index contributed by atoms with van der Waals surface area (Å²) in [5.74, 6) is -0.624. The minimum Gasteiger partial charge on any atom is -0.372 e. The van der Waals surface area contributed by atoms with Crippen molar-refractivity contribution in [1.29, 1.82) is 0 Å². The van der Waals surface area contributed by atoms with Gasteiger partial charge in [0, 0.05) is 6.54 Å². The second kappa shape index (κ2) is 9.53. The first-order chi connectivity index (χ1) is 15.5. The average molecular weight is 436 g/mol. The van der Waals surface area contributed by atoms with Crippen LogP contribution in [0.15, 0.2) is 54.6 Å². The number of urea groups is 1. The van der Waals surface area contributed by atoms with Gasteiger partial charge in [0.25, 0.3) is 5.91 Å². The van der Waals surface area contributed by atoms with Crippen molar-refractivity contribution in [1.82, 2.24) is 15.5 Å². The van der Waals surface area contributed by atoms with Crippen LogP contribution in [0.1, 0.15) is 49.3 Å². The first-order valence-corrected chi connectivity index (χ1v) is 11.1. The summed E-state index contributed by atoms with van der Waals surface area (Å²) in [5, 5.41) is 5.65. The smallest absolute Gasteiger partial charge is 0.325 e. The largest absolute Gasteiger partial charge is 0.372 e. The fourth-order valence-corrected chi connectivity index (χ4v) is 4.38. The zero-order valence-electron chi connectivity index (χ0n) is 18.3. The molecule has 4 rings (SSSR count). The second-order valence-electron chi connectivity index (χ2n) is 8.58. The molecular weight excluding hydrogens is 406 g/mol. The van der Waals surface area contributed by atoms with Crippen LogP contribution in [0.2, 0.25) is 0 Å². The molecule has 0 radical (unpaired) electrons. The van der Waals surface area contributed by atoms with Crippen molar-refractivity contribution >= 4 is 17.8 Å². The van der Waals surface area contributed by atoms with Gasteiger partial charge >= 0.3 is 6.03 Å². The number of hydrogen-bond donors (Lipinski definition) is 2. The maximum absolute atomic E-state index is 12.8. The number of imide groups is 1. The van der Waals surface area contributed by atoms with E-state index in [1.807, 2.05) is 54.6 Å². The summed E-state index contributed by atoms with van der Waals surface area (Å²) in [7, 11) is 0. The minimum absolute atomic E-state index is 0.275. The first kappa shape index (κ1) is 22.0. The van der Waals surface area contributed by atoms with Crippen molar-refractivity contribution in [3.8, 4) is 0 Å². The zero-order valence-corrected chi connectivity index (χ0v) is 18.3. The Labute approximate surface area is 188 Å². The van der Waals surface area contributed by atoms with E-state index in [0.29, 0.717) is 32.6 Å². The number of ether oxygens (including phenoxy) is 1. The Balaban J connectivity index is 1.25. The molecule has 32 heavy (non-hydrogen) atoms. The van der Waals surface area contributed by atoms with Crippen LogP contribution in [0.25, 0.3) is 0 Å². The van der Waals surface area contributed by atoms with Crippen molar-refractivity contribution in [3.63, 3.8) is 0 Å². The Kier molecular flexibility index (Phi) is 6.55. The van der Waals surface area contributed by atoms with E-state index in [-0.39, 0.29) is 11.8 Å². The number of amides is 4. The third-order valence-corrected chi connectivity index (χ3v) is 6.29. The average Bonchev–Trinajstić information content (AvgIpc) is 3.37. The number of carbonyl (C=O) groups excluding carboxylic acids is 3. The van der Waals surface area contributed by atoms with Crippen LogP contribution in [-0.2, 0) is 34.1 Å². The van der Waals surface area contributed by atoms with Gasteiger partial charge in [-0.1, -0.05) is 67.4 Å². The molecule has 1 aliphatic heterocycles. The topological polar surface area (TPSA) is 87.7 Å². The lowest BCUT2D eigenvalue weighted by Crippen LogP contribution is -2.49. The van der Waals surface area contributed by atoms with E-state index in [9.17, 15) is 14.4 Å². The van der Waals surface area contributed by atoms with Gasteiger partial charge in [-0.25, -0.2) is 9.69 Å². The summed E-state index contributed by atoms with van der Waals surface area (Å²) in [6.07, 6.45) is 3.11. The molecular formula is C25H29N3O4. The first-order valence-electron chi connectivity index (χ1n) is 11.1. The van der Waals surface area contributed by atoms with Crippen molar-refractivity contribution in [2.45, 2.75) is 63.9 Å². The van der Waals surface area contributed by atoms with Gasteiger partial charge in [-0.05, 0) is 36.5 Å². The lowest BCUT2D eigenvalue weighted by molar-refractivity contribution is -0.137. The van der Waals surface area contributed by atoms with Crippen molar-refractivity contribution in [3.05, 3.63) is 71.3 Å². The van der Waals surface area contributed by atoms with E-state index < -0.39 is 17.6 Å². The van der Waals surface area contributed by atoms with E-state index in [1.54, 1.807) is 6.92 Å². The second-order valence-corrected chi connectivity index (χ2v) is 8.58. The molecule has 0 aromatic heterocycles. The van der Waals surface area contributed by atoms with Gasteiger partial charge < -0.3 is 15.4 Å². The molecule has 7 heteroatoms. The molecule has 1 saturated heterocycles. The van der Waals surface area contributed by atoms with Crippen LogP contribution in [0.5, 0.6) is 0 Å². The van der Waals surface area contributed by atoms with Crippen molar-refractivity contribution < 1.29 is 19.1 Å². The quantitative estimate of drug-likeness (QED) is 0.623. The molecule has 168 valence electrons. The van der Waals surface area contributed by atoms with Gasteiger partial charge in [0.2, 0.25) is 5.91 Å². The van der Waals surface area contributed by atoms with E-state index in [1.165, 1.54) is 0 Å². The zero-order chi connectivity index (χ0) is 22.6. The maximum atomic E-state index is 12.8. The highest BCUT2D eigenvalue weighted by Gasteiger charge is 2.54. The normalized spacial score (nSPS) is 18.1. The Hall–Kier alpha value is -3.19. The Morgan fingerprint density at radius 3 is 2.25 bits per heavy atom. The van der Waals surface area contributed by atoms with Gasteiger partial charge in [-0.3, -0.25) is 9.59 Å². The standard InChI is InChI=1S/C25H29N3O4/c1-18(28-23(30)25(27-24(28)31)13-5-6-14-25)22(29)26-15-19-9-11-21(12-10-19)17-32-16-20-7-3-2-4-8-20/h2-4,7-12,18H,5-6,13-17H2,1H3,(H,26,29)(H,27,31). The molecule has 1 unspecified atom stereocenters. The van der Waals surface area contributed by atoms with Gasteiger partial charge in [-0.15, -0.1) is 0 Å². The highest BCUT2D eigenvalue weighted by atomic mass is 16.5. The molecule has 2 N–H and O–H groups in total. The number of nitrogens with zero attached hydrogens (tertiary/aromatic N) is 1. The third-order valence-electron chi connectivity index (χ3n) is 6.29. The highest BCUT2D eigenvalue weighted by molar-refractivity contribution is 6.09. The summed E-state index contributed by atoms with van der Waals surface area (Å²) in [6.45, 7) is 2.98. The molecule has 0 bridgehead atoms. The van der Waals surface area contributed by atoms with Crippen molar-refractivity contribution in [2.75, 3.05) is 0 Å². The van der Waals surface area contributed by atoms with Crippen LogP contribution in [0.4, 0.5) is 4.79 Å². The fraction of sp³-hybridized carbons (Fsp3) is 0.400. The van der Waals surface area contributed by atoms with E-state index >= 15 is 0 Å². The predicted octanol–water partition coefficient (Wildman–Crippen LogP) is 3.27. The number of rotatable bonds is 8. The number of benzene rings is 2. The van der Waals surface area contributed by atoms with Crippen LogP contribution in [-0.4, -0.2) is 34.3 Å². The molecule has 1 heterocycles. The van der Waals surface area contributed by atoms with Crippen LogP contribution >= 0.6 is 0 Å². The Bertz CT molecular complexity index is 968. The molecule has 1 aliphatic carbocycles. The lowest BCUT2D eigenvalue weighted by Gasteiger charge is -2.23. The number of nitrogens with one attached hydrogen (secondary N) is 2. The van der Waals surface area contributed by atoms with Crippen LogP contribution in [0, 0.1) is 0 Å². The van der Waals surface area contributed by atoms with E-state index in [4.69, 9.17) is 4.74 Å². The fourth-order valence-electron chi connectivity index (χ4n) is 4.38. The Morgan fingerprint density at radius 2 is 1.59 bits per heavy atom. The molecule has 4 amide bonds. The molecule has 2 aliphatic rings. The van der Waals surface area contributed by atoms with E-state index in [0.717, 1.165) is 34.4 Å². The summed E-state index contributed by atoms with van der Waals surface area (Å²) in [6, 6.07) is 16.5. The van der Waals surface area contributed by atoms with Gasteiger partial charge in [0.05, 0.1) is 13.2 Å². The summed E-state index contributed by atoms with van der Waals surface area (Å²) < 4.78 is 5.75. The summed E-state index contributed by atoms with van der Waals surface area (Å²) in [5.41, 5.74) is 2.31. The molecule has 1 saturated carbocycles. The van der Waals surface area contributed by atoms with Gasteiger partial charge in [0.15, 0.2) is 0 Å². The number of hydrogen-bond acceptors (Lipinski definition) is 4. The van der Waals surface area contributed by atoms with Gasteiger partial charge in [-0.2, -0.15) is 0 Å². The molecule has 7 nitrogen and oxygen atoms in total. The molecule has 2 aromatic rings. The maximum Gasteiger partial charge on any atom is 0.325 e. The Morgan fingerprint density at radius 1 is 1.00 bits per heavy atom. The molecule has 1 spiro atoms. The third kappa shape index (κ3) is 4.67. The molecule has 2 aromatic carbocycles. The lowest BCUT2D eigenvalue weighted by atomic mass is 9.97.